The molecule has 1 N–H and O–H groups in total. The number of carbonyl (C=O) groups is 2. The molecule has 8 heteroatoms. The van der Waals surface area contributed by atoms with E-state index < -0.39 is 0 Å². The van der Waals surface area contributed by atoms with Gasteiger partial charge in [-0.1, -0.05) is 28.4 Å². The number of hydrogen-bond donors (Lipinski definition) is 1. The molecule has 0 spiro atoms. The summed E-state index contributed by atoms with van der Waals surface area (Å²) in [6.45, 7) is 2.73. The maximum Gasteiger partial charge on any atom is 0.255 e. The molecule has 0 aliphatic carbocycles. The molecule has 132 valence electrons. The highest BCUT2D eigenvalue weighted by Gasteiger charge is 2.29. The minimum Gasteiger partial charge on any atom is -0.360 e. The highest BCUT2D eigenvalue weighted by molar-refractivity contribution is 6.35. The third-order valence-electron chi connectivity index (χ3n) is 4.19. The fourth-order valence-electron chi connectivity index (χ4n) is 2.83. The van der Waals surface area contributed by atoms with Crippen LogP contribution < -0.4 is 5.32 Å². The lowest BCUT2D eigenvalue weighted by Gasteiger charge is -2.31. The Hall–Kier alpha value is -2.05. The van der Waals surface area contributed by atoms with Crippen LogP contribution in [0.15, 0.2) is 28.8 Å². The Labute approximate surface area is 155 Å². The Bertz CT molecular complexity index is 798. The summed E-state index contributed by atoms with van der Waals surface area (Å²) in [6, 6.07) is 6.48. The van der Waals surface area contributed by atoms with Crippen LogP contribution in [-0.4, -0.2) is 35.0 Å². The minimum absolute atomic E-state index is 0.110. The molecule has 1 saturated heterocycles. The quantitative estimate of drug-likeness (QED) is 0.877. The number of carbonyl (C=O) groups excluding carboxylic acids is 2. The van der Waals surface area contributed by atoms with Gasteiger partial charge in [0.2, 0.25) is 5.91 Å². The van der Waals surface area contributed by atoms with E-state index in [1.165, 1.54) is 0 Å². The lowest BCUT2D eigenvalue weighted by atomic mass is 9.95. The molecule has 1 aromatic carbocycles. The monoisotopic (exact) mass is 381 g/mol. The smallest absolute Gasteiger partial charge is 0.255 e. The molecule has 0 saturated carbocycles. The van der Waals surface area contributed by atoms with E-state index in [1.807, 2.05) is 0 Å². The number of rotatable bonds is 3. The molecule has 0 unspecified atom stereocenters. The van der Waals surface area contributed by atoms with Gasteiger partial charge in [-0.05, 0) is 38.0 Å². The highest BCUT2D eigenvalue weighted by atomic mass is 35.5. The summed E-state index contributed by atoms with van der Waals surface area (Å²) in [5.74, 6) is 0.594. The van der Waals surface area contributed by atoms with Crippen molar-refractivity contribution in [2.45, 2.75) is 19.8 Å². The molecule has 1 aliphatic heterocycles. The molecule has 2 aromatic rings. The SMILES string of the molecule is Cc1cc(NC(=O)C2CCN(C(=O)c3cc(Cl)ccc3Cl)CC2)no1. The molecular formula is C17H17Cl2N3O3. The maximum absolute atomic E-state index is 12.6. The van der Waals surface area contributed by atoms with E-state index in [0.717, 1.165) is 0 Å². The number of aryl methyl sites for hydroxylation is 1. The number of benzene rings is 1. The van der Waals surface area contributed by atoms with Gasteiger partial charge in [0.15, 0.2) is 5.82 Å². The Kier molecular flexibility index (Phi) is 5.30. The summed E-state index contributed by atoms with van der Waals surface area (Å²) in [5, 5.41) is 7.33. The molecule has 3 rings (SSSR count). The summed E-state index contributed by atoms with van der Waals surface area (Å²) in [4.78, 5) is 26.6. The molecule has 1 aliphatic rings. The van der Waals surface area contributed by atoms with Gasteiger partial charge in [0.05, 0.1) is 10.6 Å². The largest absolute Gasteiger partial charge is 0.360 e. The molecule has 0 radical (unpaired) electrons. The van der Waals surface area contributed by atoms with Crippen LogP contribution in [0.4, 0.5) is 5.82 Å². The number of nitrogens with zero attached hydrogens (tertiary/aromatic N) is 2. The van der Waals surface area contributed by atoms with Crippen LogP contribution in [0.1, 0.15) is 29.0 Å². The lowest BCUT2D eigenvalue weighted by Crippen LogP contribution is -2.41. The standard InChI is InChI=1S/C17H17Cl2N3O3/c1-10-8-15(21-25-10)20-16(23)11-4-6-22(7-5-11)17(24)13-9-12(18)2-3-14(13)19/h2-3,8-9,11H,4-7H2,1H3,(H,20,21,23). The van der Waals surface area contributed by atoms with Gasteiger partial charge in [0.1, 0.15) is 5.76 Å². The van der Waals surface area contributed by atoms with Crippen LogP contribution in [0.25, 0.3) is 0 Å². The zero-order valence-electron chi connectivity index (χ0n) is 13.6. The van der Waals surface area contributed by atoms with Crippen molar-refractivity contribution in [2.75, 3.05) is 18.4 Å². The van der Waals surface area contributed by atoms with Crippen molar-refractivity contribution in [1.29, 1.82) is 0 Å². The second-order valence-corrected chi connectivity index (χ2v) is 6.85. The number of hydrogen-bond acceptors (Lipinski definition) is 4. The summed E-state index contributed by atoms with van der Waals surface area (Å²) >= 11 is 12.0. The maximum atomic E-state index is 12.6. The van der Waals surface area contributed by atoms with Crippen molar-refractivity contribution < 1.29 is 14.1 Å². The third-order valence-corrected chi connectivity index (χ3v) is 4.76. The Morgan fingerprint density at radius 2 is 1.96 bits per heavy atom. The zero-order valence-corrected chi connectivity index (χ0v) is 15.1. The van der Waals surface area contributed by atoms with Crippen LogP contribution >= 0.6 is 23.2 Å². The van der Waals surface area contributed by atoms with Gasteiger partial charge in [-0.15, -0.1) is 0 Å². The molecule has 2 heterocycles. The second-order valence-electron chi connectivity index (χ2n) is 6.00. The number of amides is 2. The van der Waals surface area contributed by atoms with Crippen molar-refractivity contribution in [1.82, 2.24) is 10.1 Å². The summed E-state index contributed by atoms with van der Waals surface area (Å²) in [6.07, 6.45) is 1.15. The number of piperidine rings is 1. The molecule has 1 fully saturated rings. The fraction of sp³-hybridized carbons (Fsp3) is 0.353. The van der Waals surface area contributed by atoms with E-state index in [2.05, 4.69) is 10.5 Å². The second kappa shape index (κ2) is 7.45. The van der Waals surface area contributed by atoms with Gasteiger partial charge in [-0.2, -0.15) is 0 Å². The Balaban J connectivity index is 1.58. The van der Waals surface area contributed by atoms with E-state index in [0.29, 0.717) is 53.1 Å². The van der Waals surface area contributed by atoms with Crippen molar-refractivity contribution in [2.24, 2.45) is 5.92 Å². The third kappa shape index (κ3) is 4.14. The summed E-state index contributed by atoms with van der Waals surface area (Å²) in [7, 11) is 0. The Morgan fingerprint density at radius 3 is 2.60 bits per heavy atom. The van der Waals surface area contributed by atoms with E-state index in [-0.39, 0.29) is 17.7 Å². The number of anilines is 1. The lowest BCUT2D eigenvalue weighted by molar-refractivity contribution is -0.121. The molecule has 0 bridgehead atoms. The van der Waals surface area contributed by atoms with Crippen molar-refractivity contribution in [3.8, 4) is 0 Å². The molecular weight excluding hydrogens is 365 g/mol. The zero-order chi connectivity index (χ0) is 18.0. The van der Waals surface area contributed by atoms with Crippen LogP contribution in [0.2, 0.25) is 10.0 Å². The predicted molar refractivity (Wildman–Crippen MR) is 95.0 cm³/mol. The number of halogens is 2. The number of nitrogens with one attached hydrogen (secondary N) is 1. The first-order chi connectivity index (χ1) is 11.9. The first-order valence-electron chi connectivity index (χ1n) is 7.92. The van der Waals surface area contributed by atoms with Crippen molar-refractivity contribution in [3.05, 3.63) is 45.6 Å². The van der Waals surface area contributed by atoms with Gasteiger partial charge in [-0.3, -0.25) is 9.59 Å². The fourth-order valence-corrected chi connectivity index (χ4v) is 3.20. The normalized spacial score (nSPS) is 15.2. The van der Waals surface area contributed by atoms with Crippen LogP contribution in [0, 0.1) is 12.8 Å². The first kappa shape index (κ1) is 17.8. The van der Waals surface area contributed by atoms with E-state index >= 15 is 0 Å². The van der Waals surface area contributed by atoms with E-state index in [9.17, 15) is 9.59 Å². The number of likely N-dealkylation sites (tertiary alicyclic amines) is 1. The topological polar surface area (TPSA) is 75.4 Å². The van der Waals surface area contributed by atoms with E-state index in [4.69, 9.17) is 27.7 Å². The average Bonchev–Trinajstić information content (AvgIpc) is 3.01. The Morgan fingerprint density at radius 1 is 1.24 bits per heavy atom. The average molecular weight is 382 g/mol. The van der Waals surface area contributed by atoms with Gasteiger partial charge in [0, 0.05) is 30.1 Å². The molecule has 25 heavy (non-hydrogen) atoms. The van der Waals surface area contributed by atoms with Crippen LogP contribution in [0.3, 0.4) is 0 Å². The molecule has 2 amide bonds. The van der Waals surface area contributed by atoms with Gasteiger partial charge >= 0.3 is 0 Å². The van der Waals surface area contributed by atoms with Crippen LogP contribution in [0.5, 0.6) is 0 Å². The minimum atomic E-state index is -0.170. The molecule has 1 aromatic heterocycles. The van der Waals surface area contributed by atoms with Crippen LogP contribution in [-0.2, 0) is 4.79 Å². The van der Waals surface area contributed by atoms with Crippen molar-refractivity contribution in [3.63, 3.8) is 0 Å². The van der Waals surface area contributed by atoms with E-state index in [1.54, 1.807) is 36.1 Å². The molecule has 0 atom stereocenters. The predicted octanol–water partition coefficient (Wildman–Crippen LogP) is 3.78. The summed E-state index contributed by atoms with van der Waals surface area (Å²) in [5.41, 5.74) is 0.384. The highest BCUT2D eigenvalue weighted by Crippen LogP contribution is 2.25. The van der Waals surface area contributed by atoms with Gasteiger partial charge in [-0.25, -0.2) is 0 Å². The molecule has 6 nitrogen and oxygen atoms in total. The van der Waals surface area contributed by atoms with Crippen molar-refractivity contribution >= 4 is 40.8 Å². The summed E-state index contributed by atoms with van der Waals surface area (Å²) < 4.78 is 4.93. The van der Waals surface area contributed by atoms with Gasteiger partial charge in [0.25, 0.3) is 5.91 Å². The first-order valence-corrected chi connectivity index (χ1v) is 8.68. The van der Waals surface area contributed by atoms with Gasteiger partial charge < -0.3 is 14.7 Å². The number of aromatic nitrogens is 1.